The molecule has 0 saturated carbocycles. The van der Waals surface area contributed by atoms with Crippen LogP contribution >= 0.6 is 15.9 Å². The molecule has 1 aromatic carbocycles. The third-order valence-corrected chi connectivity index (χ3v) is 1.53. The van der Waals surface area contributed by atoms with E-state index in [4.69, 9.17) is 0 Å². The topological polar surface area (TPSA) is 17.1 Å². The Hall–Kier alpha value is 0.361. The van der Waals surface area contributed by atoms with Crippen LogP contribution in [0.5, 0.6) is 0 Å². The zero-order valence-electron chi connectivity index (χ0n) is 11.9. The van der Waals surface area contributed by atoms with Crippen LogP contribution in [0.3, 0.4) is 0 Å². The summed E-state index contributed by atoms with van der Waals surface area (Å²) >= 11 is 3.26. The van der Waals surface area contributed by atoms with Crippen molar-refractivity contribution in [2.75, 3.05) is 0 Å². The maximum absolute atomic E-state index is 10.1. The summed E-state index contributed by atoms with van der Waals surface area (Å²) in [5, 5.41) is 0. The van der Waals surface area contributed by atoms with Gasteiger partial charge in [0.2, 0.25) is 0 Å². The zero-order chi connectivity index (χ0) is 20.2. The third kappa shape index (κ3) is 79.7. The first-order chi connectivity index (χ1) is 10.3. The van der Waals surface area contributed by atoms with Gasteiger partial charge in [-0.1, -0.05) is 28.1 Å². The number of carbonyl (C=O) groups is 1. The summed E-state index contributed by atoms with van der Waals surface area (Å²) in [7, 11) is -18.0. The van der Waals surface area contributed by atoms with Crippen LogP contribution in [-0.2, 0) is 0 Å². The Bertz CT molecular complexity index is 401. The molecule has 0 aliphatic heterocycles. The molecular weight excluding hydrogens is 479 g/mol. The molecule has 0 aliphatic rings. The smallest absolute Gasteiger partial charge is 0.418 e. The molecule has 0 bridgehead atoms. The minimum Gasteiger partial charge on any atom is -0.418 e. The summed E-state index contributed by atoms with van der Waals surface area (Å²) in [6, 6.07) is 7.20. The van der Waals surface area contributed by atoms with Gasteiger partial charge in [0.25, 0.3) is 0 Å². The van der Waals surface area contributed by atoms with Gasteiger partial charge >= 0.3 is 73.1 Å². The maximum atomic E-state index is 10.1. The molecule has 0 N–H and O–H groups in total. The Balaban J connectivity index is -0.000000122. The fourth-order valence-electron chi connectivity index (χ4n) is 0.541. The van der Waals surface area contributed by atoms with Crippen LogP contribution < -0.4 is 51.4 Å². The van der Waals surface area contributed by atoms with E-state index in [1.54, 1.807) is 12.1 Å². The Labute approximate surface area is 184 Å². The summed E-state index contributed by atoms with van der Waals surface area (Å²) < 4.78 is 118. The van der Waals surface area contributed by atoms with Crippen molar-refractivity contribution in [3.8, 4) is 0 Å². The number of rotatable bonds is 1. The first kappa shape index (κ1) is 33.0. The second kappa shape index (κ2) is 15.4. The molecule has 0 amide bonds. The number of hydrogen-bond acceptors (Lipinski definition) is 1. The van der Waals surface area contributed by atoms with Crippen molar-refractivity contribution in [2.24, 2.45) is 0 Å². The van der Waals surface area contributed by atoms with Crippen molar-refractivity contribution >= 4 is 44.0 Å². The molecule has 1 nitrogen and oxygen atoms in total. The number of carbonyl (C=O) groups excluding carboxylic acids is 1. The van der Waals surface area contributed by atoms with Crippen LogP contribution in [0.2, 0.25) is 0 Å². The Morgan fingerprint density at radius 3 is 1.00 bits per heavy atom. The van der Waals surface area contributed by atoms with Crippen LogP contribution in [0.4, 0.5) is 51.8 Å². The summed E-state index contributed by atoms with van der Waals surface area (Å²) in [4.78, 5) is 10.1. The molecule has 0 saturated heterocycles. The predicted molar refractivity (Wildman–Crippen MR) is 70.1 cm³/mol. The first-order valence-electron chi connectivity index (χ1n) is 5.15. The quantitative estimate of drug-likeness (QED) is 0.340. The van der Waals surface area contributed by atoms with Crippen molar-refractivity contribution in [3.05, 3.63) is 34.3 Å². The van der Waals surface area contributed by atoms with Gasteiger partial charge in [-0.2, -0.15) is 0 Å². The standard InChI is InChI=1S/C7H5BrO.3BF4.K/c8-7-3-1-6(5-9)2-4-7;3*2-1(3,4)5;/h1-5H;;;;/q;3*-1;+1. The van der Waals surface area contributed by atoms with Gasteiger partial charge in [-0.15, -0.1) is 0 Å². The van der Waals surface area contributed by atoms with Crippen molar-refractivity contribution in [1.29, 1.82) is 0 Å². The van der Waals surface area contributed by atoms with Crippen LogP contribution in [-0.4, -0.2) is 28.0 Å². The molecule has 0 spiro atoms. The van der Waals surface area contributed by atoms with Gasteiger partial charge in [0.15, 0.2) is 0 Å². The largest absolute Gasteiger partial charge is 1.00 e. The van der Waals surface area contributed by atoms with Gasteiger partial charge in [-0.25, -0.2) is 0 Å². The average Bonchev–Trinajstić information content (AvgIpc) is 2.23. The first-order valence-corrected chi connectivity index (χ1v) is 5.95. The third-order valence-electron chi connectivity index (χ3n) is 1.01. The average molecular weight is 485 g/mol. The van der Waals surface area contributed by atoms with Crippen molar-refractivity contribution in [1.82, 2.24) is 0 Å². The van der Waals surface area contributed by atoms with E-state index in [0.29, 0.717) is 5.56 Å². The molecule has 1 rings (SSSR count). The maximum Gasteiger partial charge on any atom is 1.00 e. The zero-order valence-corrected chi connectivity index (χ0v) is 16.6. The van der Waals surface area contributed by atoms with E-state index in [-0.39, 0.29) is 51.4 Å². The summed E-state index contributed by atoms with van der Waals surface area (Å²) in [5.41, 5.74) is 0.707. The Kier molecular flexibility index (Phi) is 20.3. The van der Waals surface area contributed by atoms with E-state index in [2.05, 4.69) is 15.9 Å². The monoisotopic (exact) mass is 484 g/mol. The van der Waals surface area contributed by atoms with E-state index in [1.165, 1.54) is 0 Å². The van der Waals surface area contributed by atoms with Crippen LogP contribution in [0.1, 0.15) is 10.4 Å². The second-order valence-corrected chi connectivity index (χ2v) is 4.07. The van der Waals surface area contributed by atoms with Crippen molar-refractivity contribution < 1.29 is 108 Å². The molecule has 0 aromatic heterocycles. The van der Waals surface area contributed by atoms with Gasteiger partial charge in [-0.3, -0.25) is 4.79 Å². The number of halogens is 13. The SMILES string of the molecule is F[B-](F)(F)F.F[B-](F)(F)F.F[B-](F)(F)F.O=Cc1ccc(Br)cc1.[K+]. The van der Waals surface area contributed by atoms with Crippen molar-refractivity contribution in [2.45, 2.75) is 0 Å². The van der Waals surface area contributed by atoms with E-state index >= 15 is 0 Å². The Morgan fingerprint density at radius 2 is 0.840 bits per heavy atom. The van der Waals surface area contributed by atoms with Crippen LogP contribution in [0, 0.1) is 0 Å². The van der Waals surface area contributed by atoms with Crippen LogP contribution in [0.25, 0.3) is 0 Å². The molecule has 18 heteroatoms. The van der Waals surface area contributed by atoms with Gasteiger partial charge in [-0.05, 0) is 12.1 Å². The van der Waals surface area contributed by atoms with Gasteiger partial charge in [0, 0.05) is 10.0 Å². The van der Waals surface area contributed by atoms with E-state index in [9.17, 15) is 56.6 Å². The fraction of sp³-hybridized carbons (Fsp3) is 0. The normalized spacial score (nSPS) is 10.4. The molecule has 1 aromatic rings. The second-order valence-electron chi connectivity index (χ2n) is 3.15. The fourth-order valence-corrected chi connectivity index (χ4v) is 0.806. The molecule has 0 radical (unpaired) electrons. The van der Waals surface area contributed by atoms with E-state index < -0.39 is 21.8 Å². The summed E-state index contributed by atoms with van der Waals surface area (Å²) in [6.45, 7) is 0. The molecule has 142 valence electrons. The molecule has 0 heterocycles. The molecule has 0 atom stereocenters. The minimum atomic E-state index is -6.00. The van der Waals surface area contributed by atoms with E-state index in [0.717, 1.165) is 10.8 Å². The summed E-state index contributed by atoms with van der Waals surface area (Å²) in [5.74, 6) is 0. The van der Waals surface area contributed by atoms with Crippen LogP contribution in [0.15, 0.2) is 28.7 Å². The Morgan fingerprint density at radius 1 is 0.640 bits per heavy atom. The number of hydrogen-bond donors (Lipinski definition) is 0. The summed E-state index contributed by atoms with van der Waals surface area (Å²) in [6.07, 6.45) is 0.826. The number of benzene rings is 1. The number of aldehydes is 1. The molecule has 0 aliphatic carbocycles. The van der Waals surface area contributed by atoms with Crippen molar-refractivity contribution in [3.63, 3.8) is 0 Å². The minimum absolute atomic E-state index is 0. The molecule has 25 heavy (non-hydrogen) atoms. The van der Waals surface area contributed by atoms with E-state index in [1.807, 2.05) is 12.1 Å². The van der Waals surface area contributed by atoms with Gasteiger partial charge < -0.3 is 51.8 Å². The molecule has 0 unspecified atom stereocenters. The molecular formula is C7H5B3BrF12KO-2. The predicted octanol–water partition coefficient (Wildman–Crippen LogP) is 3.17. The molecule has 0 fully saturated rings. The van der Waals surface area contributed by atoms with Gasteiger partial charge in [0.05, 0.1) is 0 Å². The van der Waals surface area contributed by atoms with Gasteiger partial charge in [0.1, 0.15) is 6.29 Å².